The number of carbonyl (C=O) groups excluding carboxylic acids is 3. The molecular formula is C31H37N9O4. The zero-order valence-electron chi connectivity index (χ0n) is 24.7. The fourth-order valence-electron chi connectivity index (χ4n) is 7.26. The van der Waals surface area contributed by atoms with Crippen molar-refractivity contribution in [1.29, 1.82) is 0 Å². The maximum absolute atomic E-state index is 13.1. The number of aromatic nitrogens is 4. The number of hydrogen-bond donors (Lipinski definition) is 2. The minimum Gasteiger partial charge on any atom is -0.370 e. The number of hydrogen-bond acceptors (Lipinski definition) is 10. The lowest BCUT2D eigenvalue weighted by Crippen LogP contribution is -2.60. The van der Waals surface area contributed by atoms with Crippen molar-refractivity contribution in [2.24, 2.45) is 17.1 Å². The normalized spacial score (nSPS) is 22.7. The fraction of sp³-hybridized carbons (Fsp3) is 0.516. The third-order valence-electron chi connectivity index (χ3n) is 10.00. The first kappa shape index (κ1) is 28.4. The Balaban J connectivity index is 0.898. The minimum absolute atomic E-state index is 0.171. The molecule has 0 saturated carbocycles. The third kappa shape index (κ3) is 5.40. The number of anilines is 2. The number of benzene rings is 1. The van der Waals surface area contributed by atoms with Crippen LogP contribution in [-0.2, 0) is 9.59 Å². The van der Waals surface area contributed by atoms with Gasteiger partial charge < -0.3 is 20.4 Å². The number of amides is 3. The second-order valence-electron chi connectivity index (χ2n) is 12.9. The first-order valence-corrected chi connectivity index (χ1v) is 15.5. The van der Waals surface area contributed by atoms with Crippen molar-refractivity contribution < 1.29 is 14.4 Å². The minimum atomic E-state index is -0.822. The van der Waals surface area contributed by atoms with Crippen molar-refractivity contribution in [3.05, 3.63) is 52.4 Å². The second kappa shape index (κ2) is 11.3. The average Bonchev–Trinajstić information content (AvgIpc) is 3.01. The van der Waals surface area contributed by atoms with E-state index in [1.807, 2.05) is 18.2 Å². The lowest BCUT2D eigenvalue weighted by molar-refractivity contribution is -0.136. The molecule has 4 saturated heterocycles. The largest absolute Gasteiger partial charge is 0.370 e. The van der Waals surface area contributed by atoms with Gasteiger partial charge in [-0.3, -0.25) is 24.5 Å². The van der Waals surface area contributed by atoms with Crippen LogP contribution in [0, 0.1) is 11.3 Å². The smallest absolute Gasteiger partial charge is 0.278 e. The zero-order chi connectivity index (χ0) is 30.4. The standard InChI is InChI=1S/C31H37N9O4/c32-28(42)21-1-5-26(33-16-21)38-11-7-20(8-12-38)17-37-13-9-31(10-14-37)18-39(19-31)22-2-3-23-24(15-22)35-36-40(30(23)44)25-4-6-27(41)34-29(25)43/h1-3,5,15-16,20,25H,4,6-14,17-19H2,(H2,32,42)(H,34,41,43). The SMILES string of the molecule is NC(=O)c1ccc(N2CCC(CN3CCC4(CC3)CN(c3ccc5c(=O)n(C6CCC(=O)NC6=O)nnc5c3)C4)CC2)nc1. The van der Waals surface area contributed by atoms with Crippen LogP contribution < -0.4 is 26.4 Å². The molecule has 2 aromatic heterocycles. The summed E-state index contributed by atoms with van der Waals surface area (Å²) in [6.07, 6.45) is 6.61. The van der Waals surface area contributed by atoms with Crippen LogP contribution >= 0.6 is 0 Å². The number of fused-ring (bicyclic) bond motifs is 1. The van der Waals surface area contributed by atoms with Crippen LogP contribution in [0.5, 0.6) is 0 Å². The third-order valence-corrected chi connectivity index (χ3v) is 10.00. The molecule has 13 heteroatoms. The molecule has 4 aliphatic heterocycles. The summed E-state index contributed by atoms with van der Waals surface area (Å²) in [7, 11) is 0. The highest BCUT2D eigenvalue weighted by Crippen LogP contribution is 2.43. The Morgan fingerprint density at radius 2 is 1.75 bits per heavy atom. The van der Waals surface area contributed by atoms with Gasteiger partial charge in [0.25, 0.3) is 11.5 Å². The monoisotopic (exact) mass is 599 g/mol. The van der Waals surface area contributed by atoms with E-state index in [0.717, 1.165) is 74.8 Å². The van der Waals surface area contributed by atoms with Crippen molar-refractivity contribution in [1.82, 2.24) is 30.2 Å². The second-order valence-corrected chi connectivity index (χ2v) is 12.9. The Morgan fingerprint density at radius 3 is 2.43 bits per heavy atom. The molecule has 3 aromatic rings. The van der Waals surface area contributed by atoms with Gasteiger partial charge >= 0.3 is 0 Å². The highest BCUT2D eigenvalue weighted by atomic mass is 16.2. The quantitative estimate of drug-likeness (QED) is 0.393. The van der Waals surface area contributed by atoms with Crippen LogP contribution in [0.1, 0.15) is 54.9 Å². The van der Waals surface area contributed by atoms with E-state index in [4.69, 9.17) is 5.73 Å². The zero-order valence-corrected chi connectivity index (χ0v) is 24.7. The van der Waals surface area contributed by atoms with E-state index in [1.54, 1.807) is 18.3 Å². The van der Waals surface area contributed by atoms with E-state index in [1.165, 1.54) is 12.8 Å². The molecule has 7 rings (SSSR count). The number of nitrogens with zero attached hydrogens (tertiary/aromatic N) is 7. The summed E-state index contributed by atoms with van der Waals surface area (Å²) in [5.41, 5.74) is 7.27. The molecule has 230 valence electrons. The Labute approximate surface area is 254 Å². The highest BCUT2D eigenvalue weighted by molar-refractivity contribution is 5.99. The average molecular weight is 600 g/mol. The predicted octanol–water partition coefficient (Wildman–Crippen LogP) is 1.08. The molecule has 6 heterocycles. The first-order chi connectivity index (χ1) is 21.3. The first-order valence-electron chi connectivity index (χ1n) is 15.5. The number of nitrogens with one attached hydrogen (secondary N) is 1. The highest BCUT2D eigenvalue weighted by Gasteiger charge is 2.45. The van der Waals surface area contributed by atoms with Crippen LogP contribution in [0.2, 0.25) is 0 Å². The summed E-state index contributed by atoms with van der Waals surface area (Å²) in [5.74, 6) is 0.287. The van der Waals surface area contributed by atoms with E-state index >= 15 is 0 Å². The van der Waals surface area contributed by atoms with E-state index in [2.05, 4.69) is 35.3 Å². The van der Waals surface area contributed by atoms with Gasteiger partial charge in [0, 0.05) is 56.4 Å². The van der Waals surface area contributed by atoms with Gasteiger partial charge in [-0.2, -0.15) is 4.68 Å². The number of carbonyl (C=O) groups is 3. The van der Waals surface area contributed by atoms with Gasteiger partial charge in [0.15, 0.2) is 0 Å². The van der Waals surface area contributed by atoms with Crippen molar-refractivity contribution in [3.8, 4) is 0 Å². The maximum Gasteiger partial charge on any atom is 0.278 e. The molecule has 1 aromatic carbocycles. The van der Waals surface area contributed by atoms with E-state index in [9.17, 15) is 19.2 Å². The molecule has 0 bridgehead atoms. The fourth-order valence-corrected chi connectivity index (χ4v) is 7.26. The van der Waals surface area contributed by atoms with E-state index in [0.29, 0.717) is 27.8 Å². The summed E-state index contributed by atoms with van der Waals surface area (Å²) in [6, 6.07) is 8.45. The van der Waals surface area contributed by atoms with Crippen molar-refractivity contribution >= 4 is 40.1 Å². The summed E-state index contributed by atoms with van der Waals surface area (Å²) in [4.78, 5) is 59.9. The number of likely N-dealkylation sites (tertiary alicyclic amines) is 1. The number of primary amides is 1. The number of imide groups is 1. The van der Waals surface area contributed by atoms with Crippen LogP contribution in [0.4, 0.5) is 11.5 Å². The van der Waals surface area contributed by atoms with Crippen molar-refractivity contribution in [3.63, 3.8) is 0 Å². The molecule has 44 heavy (non-hydrogen) atoms. The van der Waals surface area contributed by atoms with Crippen LogP contribution in [0.25, 0.3) is 10.9 Å². The lowest BCUT2D eigenvalue weighted by atomic mass is 9.71. The van der Waals surface area contributed by atoms with Crippen LogP contribution in [0.3, 0.4) is 0 Å². The van der Waals surface area contributed by atoms with E-state index < -0.39 is 17.9 Å². The molecular weight excluding hydrogens is 562 g/mol. The molecule has 4 fully saturated rings. The molecule has 3 amide bonds. The van der Waals surface area contributed by atoms with Crippen molar-refractivity contribution in [2.45, 2.75) is 44.6 Å². The van der Waals surface area contributed by atoms with Gasteiger partial charge in [-0.05, 0) is 81.4 Å². The number of pyridine rings is 1. The lowest BCUT2D eigenvalue weighted by Gasteiger charge is -2.55. The maximum atomic E-state index is 13.1. The van der Waals surface area contributed by atoms with Gasteiger partial charge in [0.05, 0.1) is 10.9 Å². The molecule has 4 aliphatic rings. The molecule has 1 unspecified atom stereocenters. The Bertz CT molecular complexity index is 1650. The van der Waals surface area contributed by atoms with Crippen LogP contribution in [-0.4, -0.2) is 88.4 Å². The predicted molar refractivity (Wildman–Crippen MR) is 163 cm³/mol. The van der Waals surface area contributed by atoms with Gasteiger partial charge in [-0.1, -0.05) is 5.21 Å². The van der Waals surface area contributed by atoms with Gasteiger partial charge in [-0.15, -0.1) is 5.10 Å². The number of nitrogens with two attached hydrogens (primary N) is 1. The molecule has 1 atom stereocenters. The number of rotatable bonds is 6. The summed E-state index contributed by atoms with van der Waals surface area (Å²) >= 11 is 0. The Kier molecular flexibility index (Phi) is 7.27. The summed E-state index contributed by atoms with van der Waals surface area (Å²) in [6.45, 7) is 7.31. The topological polar surface area (TPSA) is 160 Å². The number of piperidine rings is 3. The summed E-state index contributed by atoms with van der Waals surface area (Å²) < 4.78 is 1.10. The molecule has 3 N–H and O–H groups in total. The molecule has 13 nitrogen and oxygen atoms in total. The van der Waals surface area contributed by atoms with Crippen molar-refractivity contribution in [2.75, 3.05) is 55.6 Å². The van der Waals surface area contributed by atoms with Gasteiger partial charge in [0.1, 0.15) is 17.4 Å². The van der Waals surface area contributed by atoms with Gasteiger partial charge in [0.2, 0.25) is 11.8 Å². The van der Waals surface area contributed by atoms with Crippen LogP contribution in [0.15, 0.2) is 41.3 Å². The molecule has 0 aliphatic carbocycles. The molecule has 1 spiro atoms. The summed E-state index contributed by atoms with van der Waals surface area (Å²) in [5, 5.41) is 11.0. The van der Waals surface area contributed by atoms with E-state index in [-0.39, 0.29) is 24.3 Å². The Hall–Kier alpha value is -4.39. The molecule has 0 radical (unpaired) electrons. The van der Waals surface area contributed by atoms with Gasteiger partial charge in [-0.25, -0.2) is 4.98 Å². The Morgan fingerprint density at radius 1 is 0.977 bits per heavy atom.